The SMILES string of the molecule is Cc1cc2c3c(c1)N(c1c(-c4ccccc4)cc(C(C)(C)C)cc1-c1ccccc1)c1cc(-n4c5ccccc5c5cc(C)ccc54)ccc1B3c1ccc(-n3c4ccccc4c4cc(C)ccc43)cc1N2c1c(-c2ccccc2)cc(C(C)(C)C)cc1-c1ccccc1. The minimum atomic E-state index is -0.198. The summed E-state index contributed by atoms with van der Waals surface area (Å²) in [4.78, 5) is 5.40. The van der Waals surface area contributed by atoms with Crippen LogP contribution in [-0.4, -0.2) is 15.8 Å². The van der Waals surface area contributed by atoms with E-state index in [2.05, 4.69) is 360 Å². The molecule has 2 aromatic heterocycles. The molecule has 13 aromatic carbocycles. The van der Waals surface area contributed by atoms with Crippen LogP contribution in [0.15, 0.2) is 279 Å². The summed E-state index contributed by atoms with van der Waals surface area (Å²) in [6, 6.07) is 106. The average molecular weight is 1210 g/mol. The van der Waals surface area contributed by atoms with Gasteiger partial charge in [-0.15, -0.1) is 0 Å². The number of hydrogen-bond donors (Lipinski definition) is 0. The van der Waals surface area contributed by atoms with Gasteiger partial charge in [0.05, 0.1) is 33.4 Å². The van der Waals surface area contributed by atoms with Gasteiger partial charge in [-0.25, -0.2) is 0 Å². The number of rotatable bonds is 8. The second kappa shape index (κ2) is 21.6. The van der Waals surface area contributed by atoms with Gasteiger partial charge in [-0.2, -0.15) is 0 Å². The Morgan fingerprint density at radius 3 is 0.957 bits per heavy atom. The highest BCUT2D eigenvalue weighted by molar-refractivity contribution is 7.00. The van der Waals surface area contributed by atoms with Crippen LogP contribution >= 0.6 is 0 Å². The second-order valence-electron chi connectivity index (χ2n) is 28.4. The van der Waals surface area contributed by atoms with Crippen LogP contribution in [0.2, 0.25) is 0 Å². The van der Waals surface area contributed by atoms with Crippen molar-refractivity contribution in [3.05, 3.63) is 307 Å². The maximum atomic E-state index is 2.70. The van der Waals surface area contributed by atoms with Gasteiger partial charge in [0.15, 0.2) is 0 Å². The van der Waals surface area contributed by atoms with E-state index < -0.39 is 0 Å². The van der Waals surface area contributed by atoms with Crippen LogP contribution < -0.4 is 26.2 Å². The van der Waals surface area contributed by atoms with E-state index in [-0.39, 0.29) is 17.5 Å². The molecule has 4 heterocycles. The molecule has 0 amide bonds. The zero-order valence-electron chi connectivity index (χ0n) is 54.9. The van der Waals surface area contributed by atoms with Crippen LogP contribution in [0.25, 0.3) is 99.5 Å². The number of benzene rings is 13. The number of nitrogens with zero attached hydrogens (tertiary/aromatic N) is 4. The molecule has 0 aliphatic carbocycles. The first-order valence-corrected chi connectivity index (χ1v) is 33.3. The van der Waals surface area contributed by atoms with E-state index in [0.717, 1.165) is 45.5 Å². The Kier molecular flexibility index (Phi) is 13.1. The largest absolute Gasteiger partial charge is 0.310 e. The Labute approximate surface area is 552 Å². The smallest absolute Gasteiger partial charge is 0.252 e. The van der Waals surface area contributed by atoms with Crippen LogP contribution in [0.4, 0.5) is 34.1 Å². The van der Waals surface area contributed by atoms with Crippen LogP contribution in [0.5, 0.6) is 0 Å². The summed E-state index contributed by atoms with van der Waals surface area (Å²) >= 11 is 0. The number of para-hydroxylation sites is 2. The molecule has 2 aliphatic heterocycles. The molecule has 0 saturated carbocycles. The minimum Gasteiger partial charge on any atom is -0.310 e. The molecular weight excluding hydrogens is 1140 g/mol. The van der Waals surface area contributed by atoms with E-state index in [0.29, 0.717) is 0 Å². The fraction of sp³-hybridized carbons (Fsp3) is 0.124. The lowest BCUT2D eigenvalue weighted by Gasteiger charge is -2.46. The van der Waals surface area contributed by atoms with Gasteiger partial charge in [0.25, 0.3) is 6.71 Å². The third-order valence-corrected chi connectivity index (χ3v) is 20.1. The number of anilines is 6. The molecule has 0 radical (unpaired) electrons. The fourth-order valence-electron chi connectivity index (χ4n) is 15.6. The van der Waals surface area contributed by atoms with Crippen LogP contribution in [-0.2, 0) is 10.8 Å². The highest BCUT2D eigenvalue weighted by Crippen LogP contribution is 2.55. The first-order chi connectivity index (χ1) is 45.6. The van der Waals surface area contributed by atoms with Crippen molar-refractivity contribution < 1.29 is 0 Å². The summed E-state index contributed by atoms with van der Waals surface area (Å²) in [7, 11) is 0. The molecule has 17 rings (SSSR count). The topological polar surface area (TPSA) is 16.3 Å². The molecule has 0 unspecified atom stereocenters. The predicted molar refractivity (Wildman–Crippen MR) is 402 cm³/mol. The Morgan fingerprint density at radius 2 is 0.606 bits per heavy atom. The quantitative estimate of drug-likeness (QED) is 0.141. The standard InChI is InChI=1S/C89H73BN4/c1-56-38-44-79-73(46-56)67-34-22-24-36-77(67)91(79)65-40-42-75-81(54-65)93(86-69(59-26-14-10-15-27-59)50-63(88(4,5)6)51-70(86)60-28-16-11-17-29-60)83-48-58(3)49-84-85(83)90(75)76-43-41-66(92-78-37-25-23-35-68(78)74-47-57(2)39-45-80(74)92)55-82(76)94(84)87-71(61-30-18-12-19-31-61)52-64(89(7,8)9)53-72(87)62-32-20-13-21-33-62/h10-55H,1-9H3. The van der Waals surface area contributed by atoms with Gasteiger partial charge in [-0.05, 0) is 184 Å². The van der Waals surface area contributed by atoms with E-state index in [1.165, 1.54) is 132 Å². The number of aryl methyl sites for hydroxylation is 3. The van der Waals surface area contributed by atoms with E-state index in [1.807, 2.05) is 0 Å². The number of aromatic nitrogens is 2. The Bertz CT molecular complexity index is 5090. The van der Waals surface area contributed by atoms with Crippen molar-refractivity contribution in [3.8, 4) is 55.9 Å². The van der Waals surface area contributed by atoms with Crippen molar-refractivity contribution in [2.24, 2.45) is 0 Å². The Morgan fingerprint density at radius 1 is 0.277 bits per heavy atom. The maximum absolute atomic E-state index is 2.70. The van der Waals surface area contributed by atoms with Crippen molar-refractivity contribution in [2.45, 2.75) is 73.1 Å². The van der Waals surface area contributed by atoms with Gasteiger partial charge in [-0.1, -0.05) is 235 Å². The lowest BCUT2D eigenvalue weighted by atomic mass is 9.33. The van der Waals surface area contributed by atoms with E-state index in [9.17, 15) is 0 Å². The summed E-state index contributed by atoms with van der Waals surface area (Å²) < 4.78 is 5.01. The minimum absolute atomic E-state index is 0.169. The van der Waals surface area contributed by atoms with Crippen molar-refractivity contribution in [1.29, 1.82) is 0 Å². The fourth-order valence-corrected chi connectivity index (χ4v) is 15.6. The normalized spacial score (nSPS) is 12.9. The van der Waals surface area contributed by atoms with Gasteiger partial charge in [0.2, 0.25) is 0 Å². The molecule has 0 fully saturated rings. The molecule has 0 saturated heterocycles. The second-order valence-corrected chi connectivity index (χ2v) is 28.4. The van der Waals surface area contributed by atoms with E-state index >= 15 is 0 Å². The lowest BCUT2D eigenvalue weighted by Crippen LogP contribution is -2.61. The molecule has 4 nitrogen and oxygen atoms in total. The molecule has 94 heavy (non-hydrogen) atoms. The van der Waals surface area contributed by atoms with E-state index in [4.69, 9.17) is 0 Å². The Hall–Kier alpha value is -10.9. The summed E-state index contributed by atoms with van der Waals surface area (Å²) in [5.74, 6) is 0. The van der Waals surface area contributed by atoms with Crippen molar-refractivity contribution in [3.63, 3.8) is 0 Å². The molecule has 2 aliphatic rings. The van der Waals surface area contributed by atoms with Gasteiger partial charge in [0, 0.05) is 77.9 Å². The van der Waals surface area contributed by atoms with Gasteiger partial charge < -0.3 is 18.9 Å². The monoisotopic (exact) mass is 1210 g/mol. The number of fused-ring (bicyclic) bond motifs is 10. The molecule has 0 N–H and O–H groups in total. The third kappa shape index (κ3) is 9.11. The predicted octanol–water partition coefficient (Wildman–Crippen LogP) is 22.2. The average Bonchev–Trinajstić information content (AvgIpc) is 0.806. The molecule has 0 spiro atoms. The zero-order valence-corrected chi connectivity index (χ0v) is 54.9. The van der Waals surface area contributed by atoms with Crippen LogP contribution in [0.3, 0.4) is 0 Å². The summed E-state index contributed by atoms with van der Waals surface area (Å²) in [5.41, 5.74) is 32.9. The maximum Gasteiger partial charge on any atom is 0.252 e. The van der Waals surface area contributed by atoms with E-state index in [1.54, 1.807) is 0 Å². The summed E-state index contributed by atoms with van der Waals surface area (Å²) in [5, 5.41) is 4.99. The lowest BCUT2D eigenvalue weighted by molar-refractivity contribution is 0.590. The third-order valence-electron chi connectivity index (χ3n) is 20.1. The van der Waals surface area contributed by atoms with Gasteiger partial charge >= 0.3 is 0 Å². The highest BCUT2D eigenvalue weighted by atomic mass is 15.2. The molecule has 0 atom stereocenters. The van der Waals surface area contributed by atoms with Crippen molar-refractivity contribution >= 4 is 101 Å². The van der Waals surface area contributed by atoms with Crippen LogP contribution in [0.1, 0.15) is 69.4 Å². The zero-order chi connectivity index (χ0) is 63.9. The molecule has 452 valence electrons. The number of hydrogen-bond acceptors (Lipinski definition) is 2. The molecule has 5 heteroatoms. The summed E-state index contributed by atoms with van der Waals surface area (Å²) in [6.07, 6.45) is 0. The van der Waals surface area contributed by atoms with Crippen molar-refractivity contribution in [1.82, 2.24) is 9.13 Å². The summed E-state index contributed by atoms with van der Waals surface area (Å²) in [6.45, 7) is 20.6. The first kappa shape index (κ1) is 57.1. The molecular formula is C89H73BN4. The molecule has 15 aromatic rings. The van der Waals surface area contributed by atoms with Crippen molar-refractivity contribution in [2.75, 3.05) is 9.80 Å². The first-order valence-electron chi connectivity index (χ1n) is 33.3. The highest BCUT2D eigenvalue weighted by Gasteiger charge is 2.46. The van der Waals surface area contributed by atoms with Gasteiger partial charge in [0.1, 0.15) is 0 Å². The van der Waals surface area contributed by atoms with Gasteiger partial charge in [-0.3, -0.25) is 0 Å². The Balaban J connectivity index is 1.05. The molecule has 0 bridgehead atoms. The van der Waals surface area contributed by atoms with Crippen LogP contribution in [0, 0.1) is 20.8 Å².